The summed E-state index contributed by atoms with van der Waals surface area (Å²) < 4.78 is 0. The van der Waals surface area contributed by atoms with E-state index in [1.54, 1.807) is 11.3 Å². The van der Waals surface area contributed by atoms with E-state index in [0.717, 1.165) is 10.4 Å². The first-order valence-electron chi connectivity index (χ1n) is 5.28. The highest BCUT2D eigenvalue weighted by molar-refractivity contribution is 9.09. The maximum absolute atomic E-state index is 5.88. The number of benzene rings is 1. The second-order valence-electron chi connectivity index (χ2n) is 3.83. The SMILES string of the molecule is CC(=Cc1ccc(-c2ccc(Cl)cc2)s1)CBr. The molecule has 2 rings (SSSR count). The molecule has 0 saturated carbocycles. The predicted molar refractivity (Wildman–Crippen MR) is 82.2 cm³/mol. The highest BCUT2D eigenvalue weighted by atomic mass is 79.9. The summed E-state index contributed by atoms with van der Waals surface area (Å²) in [6.45, 7) is 2.12. The first-order valence-corrected chi connectivity index (χ1v) is 7.59. The van der Waals surface area contributed by atoms with Crippen LogP contribution in [0.2, 0.25) is 5.02 Å². The van der Waals surface area contributed by atoms with Crippen molar-refractivity contribution >= 4 is 44.9 Å². The average molecular weight is 328 g/mol. The molecule has 17 heavy (non-hydrogen) atoms. The average Bonchev–Trinajstić information content (AvgIpc) is 2.78. The van der Waals surface area contributed by atoms with Crippen molar-refractivity contribution in [3.8, 4) is 10.4 Å². The maximum atomic E-state index is 5.88. The Morgan fingerprint density at radius 1 is 1.24 bits per heavy atom. The van der Waals surface area contributed by atoms with E-state index in [1.807, 2.05) is 12.1 Å². The van der Waals surface area contributed by atoms with Crippen LogP contribution in [0, 0.1) is 0 Å². The van der Waals surface area contributed by atoms with Crippen LogP contribution in [0.3, 0.4) is 0 Å². The molecule has 0 aliphatic rings. The van der Waals surface area contributed by atoms with Gasteiger partial charge in [-0.25, -0.2) is 0 Å². The van der Waals surface area contributed by atoms with E-state index in [1.165, 1.54) is 20.9 Å². The molecule has 0 atom stereocenters. The zero-order chi connectivity index (χ0) is 12.3. The Morgan fingerprint density at radius 3 is 2.59 bits per heavy atom. The molecule has 0 saturated heterocycles. The molecule has 1 aromatic heterocycles. The molecule has 0 aliphatic heterocycles. The minimum Gasteiger partial charge on any atom is -0.136 e. The van der Waals surface area contributed by atoms with Crippen LogP contribution in [-0.4, -0.2) is 5.33 Å². The molecule has 0 nitrogen and oxygen atoms in total. The topological polar surface area (TPSA) is 0 Å². The molecule has 2 aromatic rings. The summed E-state index contributed by atoms with van der Waals surface area (Å²) in [5, 5.41) is 1.70. The summed E-state index contributed by atoms with van der Waals surface area (Å²) in [5.41, 5.74) is 2.55. The van der Waals surface area contributed by atoms with E-state index in [0.29, 0.717) is 0 Å². The van der Waals surface area contributed by atoms with Crippen molar-refractivity contribution in [2.45, 2.75) is 6.92 Å². The van der Waals surface area contributed by atoms with Crippen molar-refractivity contribution in [3.63, 3.8) is 0 Å². The molecule has 0 N–H and O–H groups in total. The number of alkyl halides is 1. The molecule has 0 unspecified atom stereocenters. The molecule has 1 aromatic carbocycles. The molecule has 0 radical (unpaired) electrons. The second kappa shape index (κ2) is 5.85. The van der Waals surface area contributed by atoms with Gasteiger partial charge in [0.15, 0.2) is 0 Å². The first kappa shape index (κ1) is 12.9. The number of halogens is 2. The first-order chi connectivity index (χ1) is 8.19. The lowest BCUT2D eigenvalue weighted by molar-refractivity contribution is 1.46. The van der Waals surface area contributed by atoms with Gasteiger partial charge in [-0.3, -0.25) is 0 Å². The van der Waals surface area contributed by atoms with E-state index in [9.17, 15) is 0 Å². The molecule has 3 heteroatoms. The predicted octanol–water partition coefficient (Wildman–Crippen LogP) is 5.87. The molecule has 88 valence electrons. The van der Waals surface area contributed by atoms with E-state index in [4.69, 9.17) is 11.6 Å². The van der Waals surface area contributed by atoms with Gasteiger partial charge in [0.2, 0.25) is 0 Å². The van der Waals surface area contributed by atoms with Crippen LogP contribution >= 0.6 is 38.9 Å². The molecule has 1 heterocycles. The van der Waals surface area contributed by atoms with Crippen molar-refractivity contribution < 1.29 is 0 Å². The zero-order valence-corrected chi connectivity index (χ0v) is 12.6. The minimum absolute atomic E-state index is 0.778. The fourth-order valence-corrected chi connectivity index (χ4v) is 2.81. The lowest BCUT2D eigenvalue weighted by Gasteiger charge is -1.96. The fourth-order valence-electron chi connectivity index (χ4n) is 1.48. The summed E-state index contributed by atoms with van der Waals surface area (Å²) in [6.07, 6.45) is 2.21. The summed E-state index contributed by atoms with van der Waals surface area (Å²) in [7, 11) is 0. The van der Waals surface area contributed by atoms with E-state index in [2.05, 4.69) is 53.2 Å². The number of thiophene rings is 1. The molecular weight excluding hydrogens is 316 g/mol. The molecule has 0 spiro atoms. The summed E-state index contributed by atoms with van der Waals surface area (Å²) >= 11 is 11.1. The summed E-state index contributed by atoms with van der Waals surface area (Å²) in [4.78, 5) is 2.56. The third-order valence-corrected chi connectivity index (χ3v) is 4.57. The Bertz CT molecular complexity index is 525. The van der Waals surface area contributed by atoms with Crippen LogP contribution in [0.5, 0.6) is 0 Å². The fraction of sp³-hybridized carbons (Fsp3) is 0.143. The minimum atomic E-state index is 0.778. The number of hydrogen-bond acceptors (Lipinski definition) is 1. The summed E-state index contributed by atoms with van der Waals surface area (Å²) in [5.74, 6) is 0. The van der Waals surface area contributed by atoms with E-state index in [-0.39, 0.29) is 0 Å². The van der Waals surface area contributed by atoms with Crippen LogP contribution in [0.25, 0.3) is 16.5 Å². The normalized spacial score (nSPS) is 11.8. The van der Waals surface area contributed by atoms with Gasteiger partial charge in [0.25, 0.3) is 0 Å². The lowest BCUT2D eigenvalue weighted by Crippen LogP contribution is -1.72. The molecule has 0 amide bonds. The van der Waals surface area contributed by atoms with Crippen LogP contribution in [0.4, 0.5) is 0 Å². The van der Waals surface area contributed by atoms with Gasteiger partial charge in [0.1, 0.15) is 0 Å². The van der Waals surface area contributed by atoms with Gasteiger partial charge < -0.3 is 0 Å². The van der Waals surface area contributed by atoms with Crippen molar-refractivity contribution in [1.82, 2.24) is 0 Å². The van der Waals surface area contributed by atoms with E-state index >= 15 is 0 Å². The van der Waals surface area contributed by atoms with Gasteiger partial charge in [-0.05, 0) is 42.8 Å². The quantitative estimate of drug-likeness (QED) is 0.619. The highest BCUT2D eigenvalue weighted by Gasteiger charge is 2.01. The van der Waals surface area contributed by atoms with Crippen LogP contribution in [0.15, 0.2) is 42.0 Å². The van der Waals surface area contributed by atoms with Crippen LogP contribution < -0.4 is 0 Å². The smallest absolute Gasteiger partial charge is 0.0406 e. The lowest BCUT2D eigenvalue weighted by atomic mass is 10.2. The third kappa shape index (κ3) is 3.44. The van der Waals surface area contributed by atoms with Gasteiger partial charge in [-0.15, -0.1) is 11.3 Å². The molecular formula is C14H12BrClS. The third-order valence-electron chi connectivity index (χ3n) is 2.35. The van der Waals surface area contributed by atoms with Gasteiger partial charge in [-0.2, -0.15) is 0 Å². The number of hydrogen-bond donors (Lipinski definition) is 0. The van der Waals surface area contributed by atoms with Gasteiger partial charge in [-0.1, -0.05) is 45.2 Å². The Hall–Kier alpha value is -0.570. The van der Waals surface area contributed by atoms with E-state index < -0.39 is 0 Å². The Balaban J connectivity index is 2.27. The maximum Gasteiger partial charge on any atom is 0.0406 e. The van der Waals surface area contributed by atoms with Crippen LogP contribution in [0.1, 0.15) is 11.8 Å². The van der Waals surface area contributed by atoms with Crippen molar-refractivity contribution in [2.75, 3.05) is 5.33 Å². The number of allylic oxidation sites excluding steroid dienone is 1. The number of rotatable bonds is 3. The Morgan fingerprint density at radius 2 is 1.94 bits per heavy atom. The monoisotopic (exact) mass is 326 g/mol. The van der Waals surface area contributed by atoms with Gasteiger partial charge in [0.05, 0.1) is 0 Å². The molecule has 0 aliphatic carbocycles. The van der Waals surface area contributed by atoms with Gasteiger partial charge in [0, 0.05) is 20.1 Å². The Labute approximate surface area is 119 Å². The largest absolute Gasteiger partial charge is 0.136 e. The molecule has 0 bridgehead atoms. The van der Waals surface area contributed by atoms with Crippen LogP contribution in [-0.2, 0) is 0 Å². The zero-order valence-electron chi connectivity index (χ0n) is 9.41. The van der Waals surface area contributed by atoms with Crippen molar-refractivity contribution in [2.24, 2.45) is 0 Å². The highest BCUT2D eigenvalue weighted by Crippen LogP contribution is 2.30. The van der Waals surface area contributed by atoms with Crippen molar-refractivity contribution in [3.05, 3.63) is 51.9 Å². The molecule has 0 fully saturated rings. The summed E-state index contributed by atoms with van der Waals surface area (Å²) in [6, 6.07) is 12.3. The van der Waals surface area contributed by atoms with Gasteiger partial charge >= 0.3 is 0 Å². The second-order valence-corrected chi connectivity index (χ2v) is 5.95. The standard InChI is InChI=1S/C14H12BrClS/c1-10(9-15)8-13-6-7-14(17-13)11-2-4-12(16)5-3-11/h2-8H,9H2,1H3. The Kier molecular flexibility index (Phi) is 4.43. The van der Waals surface area contributed by atoms with Crippen molar-refractivity contribution in [1.29, 1.82) is 0 Å².